The molecule has 0 atom stereocenters. The van der Waals surface area contributed by atoms with Crippen molar-refractivity contribution in [3.05, 3.63) is 17.0 Å². The number of rotatable bonds is 21. The monoisotopic (exact) mass is 542 g/mol. The normalized spacial score (nSPS) is 12.0. The Labute approximate surface area is 198 Å². The van der Waals surface area contributed by atoms with Gasteiger partial charge >= 0.3 is 180 Å². The Bertz CT molecular complexity index is 471. The van der Waals surface area contributed by atoms with Gasteiger partial charge in [-0.25, -0.2) is 0 Å². The quantitative estimate of drug-likeness (QED) is 0.107. The molecule has 0 aliphatic heterocycles. The molecule has 1 heterocycles. The predicted molar refractivity (Wildman–Crippen MR) is 144 cm³/mol. The maximum atomic E-state index is 2.72. The molecule has 0 aliphatic carbocycles. The van der Waals surface area contributed by atoms with Crippen LogP contribution < -0.4 is 2.89 Å². The molecule has 0 saturated carbocycles. The molecule has 0 nitrogen and oxygen atoms in total. The Balaban J connectivity index is 2.46. The zero-order valence-electron chi connectivity index (χ0n) is 21.2. The molecule has 0 bridgehead atoms. The van der Waals surface area contributed by atoms with Crippen molar-refractivity contribution >= 4 is 32.6 Å². The van der Waals surface area contributed by atoms with Crippen molar-refractivity contribution in [1.29, 1.82) is 0 Å². The Kier molecular flexibility index (Phi) is 18.1. The van der Waals surface area contributed by atoms with E-state index in [0.717, 1.165) is 0 Å². The first-order valence-electron chi connectivity index (χ1n) is 13.8. The van der Waals surface area contributed by atoms with Gasteiger partial charge in [-0.05, 0) is 0 Å². The summed E-state index contributed by atoms with van der Waals surface area (Å²) in [6.45, 7) is 9.48. The van der Waals surface area contributed by atoms with E-state index < -0.39 is 18.4 Å². The summed E-state index contributed by atoms with van der Waals surface area (Å²) in [7, 11) is 0. The topological polar surface area (TPSA) is 0 Å². The fourth-order valence-electron chi connectivity index (χ4n) is 4.89. The first-order chi connectivity index (χ1) is 14.7. The number of hydrogen-bond acceptors (Lipinski definition) is 1. The van der Waals surface area contributed by atoms with Gasteiger partial charge in [0.25, 0.3) is 0 Å². The molecule has 0 saturated heterocycles. The second kappa shape index (κ2) is 19.0. The molecule has 0 aliphatic rings. The molecule has 1 aromatic rings. The van der Waals surface area contributed by atoms with Gasteiger partial charge in [-0.3, -0.25) is 0 Å². The van der Waals surface area contributed by atoms with Gasteiger partial charge in [0, 0.05) is 0 Å². The molecule has 0 unspecified atom stereocenters. The van der Waals surface area contributed by atoms with Gasteiger partial charge in [0.1, 0.15) is 0 Å². The second-order valence-electron chi connectivity index (χ2n) is 9.84. The van der Waals surface area contributed by atoms with Crippen molar-refractivity contribution in [2.45, 2.75) is 150 Å². The van der Waals surface area contributed by atoms with Gasteiger partial charge in [-0.1, -0.05) is 19.8 Å². The van der Waals surface area contributed by atoms with E-state index in [2.05, 4.69) is 50.5 Å². The molecule has 30 heavy (non-hydrogen) atoms. The van der Waals surface area contributed by atoms with Gasteiger partial charge in [-0.2, -0.15) is 0 Å². The SMILES string of the molecule is CCCCCCCCCCCCc1cs[c]([Sn]([CH2]CCC)([CH2]CCC)[CH2]CCC)c1. The van der Waals surface area contributed by atoms with E-state index in [-0.39, 0.29) is 0 Å². The van der Waals surface area contributed by atoms with Crippen LogP contribution in [0.15, 0.2) is 11.4 Å². The van der Waals surface area contributed by atoms with E-state index >= 15 is 0 Å². The molecule has 2 heteroatoms. The summed E-state index contributed by atoms with van der Waals surface area (Å²) < 4.78 is 6.78. The molecule has 0 fully saturated rings. The summed E-state index contributed by atoms with van der Waals surface area (Å²) >= 11 is 0.0124. The molecule has 0 aromatic carbocycles. The van der Waals surface area contributed by atoms with Gasteiger partial charge in [0.15, 0.2) is 0 Å². The van der Waals surface area contributed by atoms with Crippen LogP contribution in [0.4, 0.5) is 0 Å². The summed E-state index contributed by atoms with van der Waals surface area (Å²) in [5, 5.41) is 2.55. The molecular weight excluding hydrogens is 487 g/mol. The minimum absolute atomic E-state index is 1.34. The molecule has 0 amide bonds. The van der Waals surface area contributed by atoms with Gasteiger partial charge < -0.3 is 0 Å². The Morgan fingerprint density at radius 1 is 0.567 bits per heavy atom. The zero-order valence-corrected chi connectivity index (χ0v) is 24.9. The van der Waals surface area contributed by atoms with Gasteiger partial charge in [-0.15, -0.1) is 0 Å². The van der Waals surface area contributed by atoms with Crippen LogP contribution in [0.1, 0.15) is 136 Å². The first kappa shape index (κ1) is 28.5. The Morgan fingerprint density at radius 3 is 1.47 bits per heavy atom. The summed E-state index contributed by atoms with van der Waals surface area (Å²) in [4.78, 5) is 0. The maximum absolute atomic E-state index is 2.72. The standard InChI is InChI=1S/C16H27S.3C4H9.Sn/c1-2-3-4-5-6-7-8-9-10-11-12-16-13-14-17-15-16;3*1-3-4-2;/h13,15H,2-12H2,1H3;3*1,3-4H2,2H3;. The van der Waals surface area contributed by atoms with Crippen LogP contribution in [0.3, 0.4) is 0 Å². The first-order valence-corrected chi connectivity index (χ1v) is 22.2. The van der Waals surface area contributed by atoms with Crippen molar-refractivity contribution in [3.63, 3.8) is 0 Å². The van der Waals surface area contributed by atoms with Crippen LogP contribution in [0.25, 0.3) is 0 Å². The predicted octanol–water partition coefficient (Wildman–Crippen LogP) is 10.3. The molecule has 176 valence electrons. The molecule has 1 aromatic heterocycles. The van der Waals surface area contributed by atoms with E-state index in [0.29, 0.717) is 0 Å². The van der Waals surface area contributed by atoms with Crippen molar-refractivity contribution in [2.75, 3.05) is 0 Å². The third-order valence-electron chi connectivity index (χ3n) is 7.02. The molecule has 1 rings (SSSR count). The molecule has 0 N–H and O–H groups in total. The van der Waals surface area contributed by atoms with E-state index in [4.69, 9.17) is 0 Å². The Morgan fingerprint density at radius 2 is 1.00 bits per heavy atom. The Hall–Kier alpha value is 0.499. The average molecular weight is 542 g/mol. The van der Waals surface area contributed by atoms with Gasteiger partial charge in [0.2, 0.25) is 0 Å². The number of aryl methyl sites for hydroxylation is 1. The third-order valence-corrected chi connectivity index (χ3v) is 26.3. The van der Waals surface area contributed by atoms with Gasteiger partial charge in [0.05, 0.1) is 0 Å². The van der Waals surface area contributed by atoms with Crippen LogP contribution >= 0.6 is 11.3 Å². The summed E-state index contributed by atoms with van der Waals surface area (Å²) in [5.41, 5.74) is 1.68. The van der Waals surface area contributed by atoms with Crippen LogP contribution in [0.5, 0.6) is 0 Å². The van der Waals surface area contributed by atoms with E-state index in [1.165, 1.54) is 109 Å². The number of hydrogen-bond donors (Lipinski definition) is 0. The number of unbranched alkanes of at least 4 members (excludes halogenated alkanes) is 12. The van der Waals surface area contributed by atoms with E-state index in [1.54, 1.807) is 18.9 Å². The molecule has 0 spiro atoms. The molecule has 0 radical (unpaired) electrons. The van der Waals surface area contributed by atoms with Crippen LogP contribution in [-0.2, 0) is 6.42 Å². The summed E-state index contributed by atoms with van der Waals surface area (Å²) in [5.74, 6) is 0. The third kappa shape index (κ3) is 11.9. The van der Waals surface area contributed by atoms with Crippen molar-refractivity contribution in [3.8, 4) is 0 Å². The summed E-state index contributed by atoms with van der Waals surface area (Å²) in [6.07, 6.45) is 24.4. The minimum atomic E-state index is -2.17. The number of thiophene rings is 1. The fraction of sp³-hybridized carbons (Fsp3) is 0.857. The second-order valence-corrected chi connectivity index (χ2v) is 24.9. The van der Waals surface area contributed by atoms with Crippen LogP contribution in [-0.4, -0.2) is 18.4 Å². The zero-order chi connectivity index (χ0) is 21.9. The van der Waals surface area contributed by atoms with E-state index in [9.17, 15) is 0 Å². The fourth-order valence-corrected chi connectivity index (χ4v) is 25.0. The molecular formula is C28H54SSn. The van der Waals surface area contributed by atoms with Crippen LogP contribution in [0, 0.1) is 0 Å². The van der Waals surface area contributed by atoms with Crippen LogP contribution in [0.2, 0.25) is 13.3 Å². The van der Waals surface area contributed by atoms with Crippen molar-refractivity contribution in [1.82, 2.24) is 0 Å². The average Bonchev–Trinajstić information content (AvgIpc) is 3.24. The summed E-state index contributed by atoms with van der Waals surface area (Å²) in [6, 6.07) is 2.72. The van der Waals surface area contributed by atoms with Crippen molar-refractivity contribution in [2.24, 2.45) is 0 Å². The van der Waals surface area contributed by atoms with E-state index in [1.807, 2.05) is 2.89 Å². The van der Waals surface area contributed by atoms with Crippen molar-refractivity contribution < 1.29 is 0 Å².